The molecular formula is C17H26N4O3. The summed E-state index contributed by atoms with van der Waals surface area (Å²) in [5, 5.41) is 9.29. The number of amides is 2. The molecule has 2 aliphatic rings. The second-order valence-corrected chi connectivity index (χ2v) is 6.81. The Bertz CT molecular complexity index is 588. The van der Waals surface area contributed by atoms with Gasteiger partial charge in [0, 0.05) is 50.9 Å². The van der Waals surface area contributed by atoms with Crippen molar-refractivity contribution >= 4 is 11.8 Å². The van der Waals surface area contributed by atoms with Crippen LogP contribution in [-0.4, -0.2) is 62.5 Å². The third kappa shape index (κ3) is 3.77. The Hall–Kier alpha value is -1.89. The summed E-state index contributed by atoms with van der Waals surface area (Å²) in [7, 11) is 1.89. The van der Waals surface area contributed by atoms with Crippen LogP contribution in [0.25, 0.3) is 0 Å². The third-order valence-corrected chi connectivity index (χ3v) is 5.02. The lowest BCUT2D eigenvalue weighted by atomic mass is 9.95. The maximum Gasteiger partial charge on any atom is 0.226 e. The largest absolute Gasteiger partial charge is 0.395 e. The van der Waals surface area contributed by atoms with Crippen LogP contribution in [0.15, 0.2) is 12.4 Å². The van der Waals surface area contributed by atoms with Gasteiger partial charge in [-0.3, -0.25) is 9.59 Å². The fraction of sp³-hybridized carbons (Fsp3) is 0.706. The third-order valence-electron chi connectivity index (χ3n) is 5.02. The monoisotopic (exact) mass is 334 g/mol. The summed E-state index contributed by atoms with van der Waals surface area (Å²) in [4.78, 5) is 32.8. The van der Waals surface area contributed by atoms with Crippen molar-refractivity contribution in [3.8, 4) is 0 Å². The molecule has 1 aromatic rings. The SMILES string of the molecule is Cn1ccnc1CN(CCO)C(=O)C1CCN(C(=O)C2CC2)CC1. The van der Waals surface area contributed by atoms with Gasteiger partial charge >= 0.3 is 0 Å². The Morgan fingerprint density at radius 1 is 1.25 bits per heavy atom. The molecule has 0 atom stereocenters. The number of imidazole rings is 1. The molecule has 2 fully saturated rings. The van der Waals surface area contributed by atoms with Crippen molar-refractivity contribution in [1.29, 1.82) is 0 Å². The molecule has 2 heterocycles. The van der Waals surface area contributed by atoms with Gasteiger partial charge in [-0.2, -0.15) is 0 Å². The predicted molar refractivity (Wildman–Crippen MR) is 87.7 cm³/mol. The number of hydrogen-bond acceptors (Lipinski definition) is 4. The quantitative estimate of drug-likeness (QED) is 0.816. The molecule has 1 aliphatic heterocycles. The van der Waals surface area contributed by atoms with Crippen molar-refractivity contribution in [2.75, 3.05) is 26.2 Å². The fourth-order valence-electron chi connectivity index (χ4n) is 3.30. The van der Waals surface area contributed by atoms with E-state index in [0.29, 0.717) is 39.0 Å². The van der Waals surface area contributed by atoms with Crippen molar-refractivity contribution in [3.05, 3.63) is 18.2 Å². The van der Waals surface area contributed by atoms with Crippen LogP contribution < -0.4 is 0 Å². The summed E-state index contributed by atoms with van der Waals surface area (Å²) in [6, 6.07) is 0. The summed E-state index contributed by atoms with van der Waals surface area (Å²) in [6.07, 6.45) is 7.01. The average molecular weight is 334 g/mol. The van der Waals surface area contributed by atoms with Gasteiger partial charge in [0.05, 0.1) is 13.2 Å². The highest BCUT2D eigenvalue weighted by Crippen LogP contribution is 2.32. The normalized spacial score (nSPS) is 18.7. The summed E-state index contributed by atoms with van der Waals surface area (Å²) >= 11 is 0. The fourth-order valence-corrected chi connectivity index (χ4v) is 3.30. The minimum atomic E-state index is -0.0694. The number of aromatic nitrogens is 2. The van der Waals surface area contributed by atoms with E-state index in [0.717, 1.165) is 18.7 Å². The molecular weight excluding hydrogens is 308 g/mol. The maximum atomic E-state index is 12.8. The molecule has 1 saturated heterocycles. The molecule has 7 nitrogen and oxygen atoms in total. The minimum absolute atomic E-state index is 0.0603. The Labute approximate surface area is 142 Å². The first-order valence-corrected chi connectivity index (χ1v) is 8.74. The van der Waals surface area contributed by atoms with Gasteiger partial charge in [-0.15, -0.1) is 0 Å². The Morgan fingerprint density at radius 2 is 1.96 bits per heavy atom. The molecule has 0 bridgehead atoms. The summed E-state index contributed by atoms with van der Waals surface area (Å²) in [5.41, 5.74) is 0. The first kappa shape index (κ1) is 17.0. The standard InChI is InChI=1S/C17H26N4O3/c1-19-9-6-18-15(19)12-21(10-11-22)17(24)14-4-7-20(8-5-14)16(23)13-2-3-13/h6,9,13-14,22H,2-5,7-8,10-12H2,1H3. The van der Waals surface area contributed by atoms with Gasteiger partial charge in [-0.1, -0.05) is 0 Å². The first-order chi connectivity index (χ1) is 11.6. The van der Waals surface area contributed by atoms with Crippen molar-refractivity contribution in [1.82, 2.24) is 19.4 Å². The van der Waals surface area contributed by atoms with Gasteiger partial charge in [0.25, 0.3) is 0 Å². The number of likely N-dealkylation sites (tertiary alicyclic amines) is 1. The zero-order valence-corrected chi connectivity index (χ0v) is 14.2. The van der Waals surface area contributed by atoms with Gasteiger partial charge in [0.2, 0.25) is 11.8 Å². The number of carbonyl (C=O) groups is 2. The van der Waals surface area contributed by atoms with E-state index < -0.39 is 0 Å². The Kier molecular flexibility index (Phi) is 5.18. The van der Waals surface area contributed by atoms with Crippen molar-refractivity contribution < 1.29 is 14.7 Å². The number of carbonyl (C=O) groups excluding carboxylic acids is 2. The number of piperidine rings is 1. The highest BCUT2D eigenvalue weighted by atomic mass is 16.3. The zero-order valence-electron chi connectivity index (χ0n) is 14.2. The predicted octanol–water partition coefficient (Wildman–Crippen LogP) is 0.390. The van der Waals surface area contributed by atoms with E-state index in [1.165, 1.54) is 0 Å². The van der Waals surface area contributed by atoms with Crippen LogP contribution in [0.1, 0.15) is 31.5 Å². The average Bonchev–Trinajstić information content (AvgIpc) is 3.37. The van der Waals surface area contributed by atoms with Gasteiger partial charge in [-0.25, -0.2) is 4.98 Å². The number of hydrogen-bond donors (Lipinski definition) is 1. The van der Waals surface area contributed by atoms with E-state index >= 15 is 0 Å². The molecule has 0 aromatic carbocycles. The van der Waals surface area contributed by atoms with Gasteiger partial charge in [0.15, 0.2) is 0 Å². The van der Waals surface area contributed by atoms with E-state index in [4.69, 9.17) is 0 Å². The van der Waals surface area contributed by atoms with Gasteiger partial charge < -0.3 is 19.5 Å². The molecule has 2 amide bonds. The smallest absolute Gasteiger partial charge is 0.226 e. The number of rotatable bonds is 6. The van der Waals surface area contributed by atoms with Crippen molar-refractivity contribution in [2.24, 2.45) is 18.9 Å². The van der Waals surface area contributed by atoms with Crippen LogP contribution in [0.3, 0.4) is 0 Å². The highest BCUT2D eigenvalue weighted by molar-refractivity contribution is 5.82. The molecule has 0 spiro atoms. The molecule has 0 unspecified atom stereocenters. The molecule has 132 valence electrons. The highest BCUT2D eigenvalue weighted by Gasteiger charge is 2.36. The van der Waals surface area contributed by atoms with Gasteiger partial charge in [-0.05, 0) is 25.7 Å². The van der Waals surface area contributed by atoms with Crippen LogP contribution in [0.5, 0.6) is 0 Å². The van der Waals surface area contributed by atoms with E-state index in [2.05, 4.69) is 4.98 Å². The Balaban J connectivity index is 1.57. The Morgan fingerprint density at radius 3 is 2.50 bits per heavy atom. The van der Waals surface area contributed by atoms with Gasteiger partial charge in [0.1, 0.15) is 5.82 Å². The summed E-state index contributed by atoms with van der Waals surface area (Å²) in [5.74, 6) is 1.30. The number of nitrogens with zero attached hydrogens (tertiary/aromatic N) is 4. The molecule has 7 heteroatoms. The lowest BCUT2D eigenvalue weighted by molar-refractivity contribution is -0.142. The molecule has 1 saturated carbocycles. The molecule has 1 aromatic heterocycles. The lowest BCUT2D eigenvalue weighted by Crippen LogP contribution is -2.45. The molecule has 3 rings (SSSR count). The van der Waals surface area contributed by atoms with Crippen molar-refractivity contribution in [2.45, 2.75) is 32.2 Å². The second-order valence-electron chi connectivity index (χ2n) is 6.81. The summed E-state index contributed by atoms with van der Waals surface area (Å²) in [6.45, 7) is 1.99. The van der Waals surface area contributed by atoms with Crippen LogP contribution in [-0.2, 0) is 23.2 Å². The topological polar surface area (TPSA) is 78.7 Å². The van der Waals surface area contributed by atoms with Crippen LogP contribution >= 0.6 is 0 Å². The molecule has 1 aliphatic carbocycles. The number of aryl methyl sites for hydroxylation is 1. The number of aliphatic hydroxyl groups is 1. The van der Waals surface area contributed by atoms with E-state index in [9.17, 15) is 14.7 Å². The second kappa shape index (κ2) is 7.34. The maximum absolute atomic E-state index is 12.8. The zero-order chi connectivity index (χ0) is 17.1. The number of aliphatic hydroxyl groups excluding tert-OH is 1. The van der Waals surface area contributed by atoms with E-state index in [1.807, 2.05) is 22.7 Å². The summed E-state index contributed by atoms with van der Waals surface area (Å²) < 4.78 is 1.88. The van der Waals surface area contributed by atoms with Crippen LogP contribution in [0, 0.1) is 11.8 Å². The molecule has 1 N–H and O–H groups in total. The minimum Gasteiger partial charge on any atom is -0.395 e. The van der Waals surface area contributed by atoms with E-state index in [-0.39, 0.29) is 30.3 Å². The first-order valence-electron chi connectivity index (χ1n) is 8.74. The molecule has 0 radical (unpaired) electrons. The lowest BCUT2D eigenvalue weighted by Gasteiger charge is -2.34. The van der Waals surface area contributed by atoms with Crippen LogP contribution in [0.4, 0.5) is 0 Å². The van der Waals surface area contributed by atoms with E-state index in [1.54, 1.807) is 11.1 Å². The van der Waals surface area contributed by atoms with Crippen molar-refractivity contribution in [3.63, 3.8) is 0 Å². The molecule has 24 heavy (non-hydrogen) atoms. The van der Waals surface area contributed by atoms with Crippen LogP contribution in [0.2, 0.25) is 0 Å².